The van der Waals surface area contributed by atoms with Gasteiger partial charge in [0.15, 0.2) is 0 Å². The molecule has 1 N–H and O–H groups in total. The molecular weight excluding hydrogens is 682 g/mol. The van der Waals surface area contributed by atoms with E-state index in [0.717, 1.165) is 38.5 Å². The van der Waals surface area contributed by atoms with Crippen LogP contribution in [0.2, 0.25) is 0 Å². The Bertz CT molecular complexity index is 692. The largest absolute Gasteiger partial charge is 0.405 e. The van der Waals surface area contributed by atoms with Gasteiger partial charge in [-0.25, -0.2) is 9.24 Å². The van der Waals surface area contributed by atoms with Crippen LogP contribution < -0.4 is 0 Å². The fourth-order valence-corrected chi connectivity index (χ4v) is 9.40. The van der Waals surface area contributed by atoms with E-state index < -0.39 is 7.75 Å². The standard InChI is InChI=1S/C49H102NO3P/c1-4-7-10-13-15-17-19-21-23-25-27-29-31-33-35-37-39-41-44-47-50(54(51,52)53-49-46-43-12-9-6-3)48-45-42-40-38-36-34-32-30-28-26-24-22-20-18-16-14-11-8-5-2/h4-49H2,1-3H3,(H,51,52). The Balaban J connectivity index is 3.96. The zero-order chi connectivity index (χ0) is 39.3. The molecule has 0 aromatic rings. The van der Waals surface area contributed by atoms with Gasteiger partial charge in [0.2, 0.25) is 0 Å². The van der Waals surface area contributed by atoms with E-state index in [4.69, 9.17) is 4.52 Å². The zero-order valence-electron chi connectivity index (χ0n) is 37.7. The van der Waals surface area contributed by atoms with Crippen LogP contribution in [0.1, 0.15) is 297 Å². The minimum atomic E-state index is -3.71. The van der Waals surface area contributed by atoms with E-state index in [1.807, 2.05) is 4.67 Å². The van der Waals surface area contributed by atoms with Crippen LogP contribution in [0.4, 0.5) is 0 Å². The Kier molecular flexibility index (Phi) is 45.9. The first-order valence-corrected chi connectivity index (χ1v) is 26.8. The van der Waals surface area contributed by atoms with Gasteiger partial charge < -0.3 is 4.89 Å². The van der Waals surface area contributed by atoms with E-state index >= 15 is 0 Å². The van der Waals surface area contributed by atoms with E-state index in [2.05, 4.69) is 20.8 Å². The topological polar surface area (TPSA) is 49.8 Å². The zero-order valence-corrected chi connectivity index (χ0v) is 38.6. The summed E-state index contributed by atoms with van der Waals surface area (Å²) in [5, 5.41) is 0. The smallest absolute Gasteiger partial charge is 0.312 e. The van der Waals surface area contributed by atoms with Crippen molar-refractivity contribution >= 4 is 7.75 Å². The lowest BCUT2D eigenvalue weighted by atomic mass is 10.0. The summed E-state index contributed by atoms with van der Waals surface area (Å²) in [6.07, 6.45) is 57.6. The summed E-state index contributed by atoms with van der Waals surface area (Å²) in [6.45, 7) is 8.62. The predicted octanol–water partition coefficient (Wildman–Crippen LogP) is 18.2. The van der Waals surface area contributed by atoms with E-state index in [9.17, 15) is 9.46 Å². The molecule has 0 aromatic carbocycles. The highest BCUT2D eigenvalue weighted by Gasteiger charge is 2.28. The molecule has 0 rings (SSSR count). The van der Waals surface area contributed by atoms with Gasteiger partial charge in [-0.2, -0.15) is 0 Å². The fraction of sp³-hybridized carbons (Fsp3) is 1.00. The summed E-state index contributed by atoms with van der Waals surface area (Å²) >= 11 is 0. The molecule has 326 valence electrons. The van der Waals surface area contributed by atoms with Crippen molar-refractivity contribution in [2.24, 2.45) is 0 Å². The normalized spacial score (nSPS) is 13.0. The lowest BCUT2D eigenvalue weighted by Crippen LogP contribution is -2.24. The molecule has 0 aromatic heterocycles. The maximum Gasteiger partial charge on any atom is 0.405 e. The van der Waals surface area contributed by atoms with Gasteiger partial charge in [-0.15, -0.1) is 0 Å². The summed E-state index contributed by atoms with van der Waals surface area (Å²) < 4.78 is 20.8. The first kappa shape index (κ1) is 54.1. The summed E-state index contributed by atoms with van der Waals surface area (Å²) in [5.74, 6) is 0. The number of hydrogen-bond acceptors (Lipinski definition) is 2. The van der Waals surface area contributed by atoms with Gasteiger partial charge in [-0.05, 0) is 19.3 Å². The van der Waals surface area contributed by atoms with Gasteiger partial charge in [0.05, 0.1) is 6.61 Å². The molecule has 0 spiro atoms. The molecule has 0 radical (unpaired) electrons. The molecule has 5 heteroatoms. The molecule has 0 aliphatic carbocycles. The molecule has 0 saturated heterocycles. The molecule has 0 aliphatic rings. The van der Waals surface area contributed by atoms with E-state index in [1.165, 1.54) is 238 Å². The molecule has 0 aliphatic heterocycles. The van der Waals surface area contributed by atoms with Crippen LogP contribution in [0.5, 0.6) is 0 Å². The molecule has 54 heavy (non-hydrogen) atoms. The predicted molar refractivity (Wildman–Crippen MR) is 243 cm³/mol. The molecular formula is C49H102NO3P. The monoisotopic (exact) mass is 784 g/mol. The average molecular weight is 784 g/mol. The molecule has 1 unspecified atom stereocenters. The third-order valence-corrected chi connectivity index (χ3v) is 13.5. The quantitative estimate of drug-likeness (QED) is 0.0493. The van der Waals surface area contributed by atoms with Crippen LogP contribution in [0, 0.1) is 0 Å². The van der Waals surface area contributed by atoms with E-state index in [0.29, 0.717) is 19.7 Å². The molecule has 0 heterocycles. The molecule has 0 fully saturated rings. The van der Waals surface area contributed by atoms with E-state index in [1.54, 1.807) is 0 Å². The highest BCUT2D eigenvalue weighted by Crippen LogP contribution is 2.47. The van der Waals surface area contributed by atoms with E-state index in [-0.39, 0.29) is 0 Å². The Hall–Kier alpha value is 0.110. The molecule has 1 atom stereocenters. The van der Waals surface area contributed by atoms with Crippen LogP contribution >= 0.6 is 7.75 Å². The minimum absolute atomic E-state index is 0.409. The van der Waals surface area contributed by atoms with Crippen molar-refractivity contribution in [1.82, 2.24) is 4.67 Å². The van der Waals surface area contributed by atoms with Crippen molar-refractivity contribution in [3.8, 4) is 0 Å². The van der Waals surface area contributed by atoms with Gasteiger partial charge in [0.1, 0.15) is 0 Å². The number of rotatable bonds is 48. The molecule has 4 nitrogen and oxygen atoms in total. The van der Waals surface area contributed by atoms with Crippen molar-refractivity contribution in [2.45, 2.75) is 297 Å². The van der Waals surface area contributed by atoms with Crippen molar-refractivity contribution in [1.29, 1.82) is 0 Å². The first-order valence-electron chi connectivity index (χ1n) is 25.3. The summed E-state index contributed by atoms with van der Waals surface area (Å²) in [5.41, 5.74) is 0. The Labute approximate surface area is 341 Å². The van der Waals surface area contributed by atoms with Crippen LogP contribution in [0.3, 0.4) is 0 Å². The fourth-order valence-electron chi connectivity index (χ4n) is 8.08. The second kappa shape index (κ2) is 45.8. The lowest BCUT2D eigenvalue weighted by Gasteiger charge is -2.26. The maximum absolute atomic E-state index is 13.3. The van der Waals surface area contributed by atoms with Crippen molar-refractivity contribution in [3.05, 3.63) is 0 Å². The minimum Gasteiger partial charge on any atom is -0.312 e. The molecule has 0 amide bonds. The second-order valence-corrected chi connectivity index (χ2v) is 19.2. The summed E-state index contributed by atoms with van der Waals surface area (Å²) in [7, 11) is -3.71. The van der Waals surface area contributed by atoms with Gasteiger partial charge in [-0.3, -0.25) is 4.52 Å². The summed E-state index contributed by atoms with van der Waals surface area (Å²) in [4.78, 5) is 10.9. The van der Waals surface area contributed by atoms with Gasteiger partial charge in [0, 0.05) is 13.1 Å². The highest BCUT2D eigenvalue weighted by molar-refractivity contribution is 7.50. The van der Waals surface area contributed by atoms with Gasteiger partial charge >= 0.3 is 7.75 Å². The average Bonchev–Trinajstić information content (AvgIpc) is 3.17. The summed E-state index contributed by atoms with van der Waals surface area (Å²) in [6, 6.07) is 0. The second-order valence-electron chi connectivity index (χ2n) is 17.4. The van der Waals surface area contributed by atoms with Crippen molar-refractivity contribution < 1.29 is 14.0 Å². The van der Waals surface area contributed by atoms with Crippen LogP contribution in [-0.2, 0) is 9.09 Å². The van der Waals surface area contributed by atoms with Crippen LogP contribution in [-0.4, -0.2) is 29.3 Å². The number of unbranched alkanes of at least 4 members (excludes halogenated alkanes) is 40. The highest BCUT2D eigenvalue weighted by atomic mass is 31.2. The Morgan fingerprint density at radius 1 is 0.315 bits per heavy atom. The van der Waals surface area contributed by atoms with Crippen LogP contribution in [0.15, 0.2) is 0 Å². The molecule has 0 saturated carbocycles. The Morgan fingerprint density at radius 3 is 0.722 bits per heavy atom. The number of nitrogens with zero attached hydrogens (tertiary/aromatic N) is 1. The van der Waals surface area contributed by atoms with Gasteiger partial charge in [0.25, 0.3) is 0 Å². The number of hydrogen-bond donors (Lipinski definition) is 1. The van der Waals surface area contributed by atoms with Crippen LogP contribution in [0.25, 0.3) is 0 Å². The maximum atomic E-state index is 13.3. The van der Waals surface area contributed by atoms with Gasteiger partial charge in [-0.1, -0.05) is 278 Å². The Morgan fingerprint density at radius 2 is 0.500 bits per heavy atom. The third-order valence-electron chi connectivity index (χ3n) is 11.9. The third kappa shape index (κ3) is 41.7. The first-order chi connectivity index (χ1) is 26.6. The van der Waals surface area contributed by atoms with Crippen molar-refractivity contribution in [2.75, 3.05) is 19.7 Å². The lowest BCUT2D eigenvalue weighted by molar-refractivity contribution is 0.194. The van der Waals surface area contributed by atoms with Crippen molar-refractivity contribution in [3.63, 3.8) is 0 Å². The molecule has 0 bridgehead atoms. The SMILES string of the molecule is CCCCCCCCCCCCCCCCCCCCCN(CCCCCCCCCCCCCCCCCCCCC)P(=O)(O)OCCCCCCC.